The predicted octanol–water partition coefficient (Wildman–Crippen LogP) is 4.45. The monoisotopic (exact) mass is 555 g/mol. The zero-order valence-electron chi connectivity index (χ0n) is 23.2. The maximum Gasteiger partial charge on any atom is 0.337 e. The van der Waals surface area contributed by atoms with Crippen LogP contribution >= 0.6 is 0 Å². The molecule has 1 aromatic heterocycles. The molecule has 2 amide bonds. The van der Waals surface area contributed by atoms with Gasteiger partial charge in [-0.2, -0.15) is 0 Å². The summed E-state index contributed by atoms with van der Waals surface area (Å²) in [5, 5.41) is 11.6. The fourth-order valence-corrected chi connectivity index (χ4v) is 5.28. The summed E-state index contributed by atoms with van der Waals surface area (Å²) in [5.41, 5.74) is 2.79. The van der Waals surface area contributed by atoms with E-state index in [1.807, 2.05) is 24.3 Å². The number of methoxy groups -OCH3 is 2. The lowest BCUT2D eigenvalue weighted by molar-refractivity contribution is -0.127. The van der Waals surface area contributed by atoms with Crippen molar-refractivity contribution < 1.29 is 23.9 Å². The van der Waals surface area contributed by atoms with E-state index in [4.69, 9.17) is 9.47 Å². The van der Waals surface area contributed by atoms with Crippen molar-refractivity contribution in [3.05, 3.63) is 83.9 Å². The van der Waals surface area contributed by atoms with Gasteiger partial charge >= 0.3 is 5.97 Å². The Labute approximate surface area is 238 Å². The molecule has 10 heteroatoms. The van der Waals surface area contributed by atoms with Gasteiger partial charge in [-0.15, -0.1) is 5.10 Å². The molecular formula is C31H33N5O5. The van der Waals surface area contributed by atoms with Gasteiger partial charge in [-0.05, 0) is 66.9 Å². The summed E-state index contributed by atoms with van der Waals surface area (Å²) >= 11 is 0. The average Bonchev–Trinajstić information content (AvgIpc) is 3.42. The second kappa shape index (κ2) is 12.6. The number of nitrogens with one attached hydrogen (secondary N) is 1. The number of rotatable bonds is 9. The standard InChI is InChI=1S/C31H33N5O5/c1-40-25-18-16-24(17-19-25)36(28(37)20-35-27-11-7-6-10-26(27)33-34-35)29(30(38)32-23-8-4-3-5-9-23)21-12-14-22(15-13-21)31(39)41-2/h6-7,10-19,23,29H,3-5,8-9,20H2,1-2H3,(H,32,38)/t29-/m1/s1. The van der Waals surface area contributed by atoms with Gasteiger partial charge < -0.3 is 14.8 Å². The molecule has 0 aliphatic heterocycles. The molecule has 3 aromatic carbocycles. The number of benzene rings is 3. The average molecular weight is 556 g/mol. The summed E-state index contributed by atoms with van der Waals surface area (Å²) in [5.74, 6) is -0.517. The topological polar surface area (TPSA) is 116 Å². The maximum atomic E-state index is 14.2. The summed E-state index contributed by atoms with van der Waals surface area (Å²) in [6, 6.07) is 20.0. The smallest absolute Gasteiger partial charge is 0.337 e. The molecule has 0 spiro atoms. The molecule has 1 atom stereocenters. The van der Waals surface area contributed by atoms with Crippen LogP contribution in [0.1, 0.15) is 54.1 Å². The minimum atomic E-state index is -1.01. The second-order valence-electron chi connectivity index (χ2n) is 10.1. The van der Waals surface area contributed by atoms with E-state index in [9.17, 15) is 14.4 Å². The number of nitrogens with zero attached hydrogens (tertiary/aromatic N) is 4. The van der Waals surface area contributed by atoms with E-state index in [1.165, 1.54) is 16.7 Å². The number of amides is 2. The van der Waals surface area contributed by atoms with E-state index in [0.717, 1.165) is 32.1 Å². The third-order valence-corrected chi connectivity index (χ3v) is 7.43. The first-order chi connectivity index (χ1) is 20.0. The highest BCUT2D eigenvalue weighted by Gasteiger charge is 2.34. The van der Waals surface area contributed by atoms with Gasteiger partial charge in [0.1, 0.15) is 23.9 Å². The summed E-state index contributed by atoms with van der Waals surface area (Å²) in [6.07, 6.45) is 5.02. The molecular weight excluding hydrogens is 522 g/mol. The quantitative estimate of drug-likeness (QED) is 0.303. The molecule has 1 heterocycles. The Hall–Kier alpha value is -4.73. The van der Waals surface area contributed by atoms with Gasteiger partial charge in [0.05, 0.1) is 25.3 Å². The normalized spacial score (nSPS) is 14.3. The minimum absolute atomic E-state index is 0.0279. The molecule has 41 heavy (non-hydrogen) atoms. The fourth-order valence-electron chi connectivity index (χ4n) is 5.28. The van der Waals surface area contributed by atoms with Crippen molar-refractivity contribution in [1.29, 1.82) is 0 Å². The van der Waals surface area contributed by atoms with Crippen LogP contribution in [0.4, 0.5) is 5.69 Å². The van der Waals surface area contributed by atoms with Crippen molar-refractivity contribution >= 4 is 34.5 Å². The van der Waals surface area contributed by atoms with Gasteiger partial charge in [-0.25, -0.2) is 9.48 Å². The molecule has 0 saturated heterocycles. The molecule has 1 N–H and O–H groups in total. The van der Waals surface area contributed by atoms with Gasteiger partial charge in [0, 0.05) is 11.7 Å². The Morgan fingerprint density at radius 3 is 2.34 bits per heavy atom. The molecule has 5 rings (SSSR count). The first-order valence-corrected chi connectivity index (χ1v) is 13.7. The van der Waals surface area contributed by atoms with Crippen molar-refractivity contribution in [1.82, 2.24) is 20.3 Å². The van der Waals surface area contributed by atoms with Gasteiger partial charge in [0.25, 0.3) is 0 Å². The van der Waals surface area contributed by atoms with Crippen LogP contribution in [0.5, 0.6) is 5.75 Å². The Bertz CT molecular complexity index is 1510. The molecule has 0 unspecified atom stereocenters. The molecule has 0 bridgehead atoms. The largest absolute Gasteiger partial charge is 0.497 e. The van der Waals surface area contributed by atoms with Crippen molar-refractivity contribution in [3.8, 4) is 5.75 Å². The number of para-hydroxylation sites is 1. The molecule has 212 valence electrons. The first kappa shape index (κ1) is 27.8. The molecule has 1 aliphatic carbocycles. The SMILES string of the molecule is COC(=O)c1ccc([C@H](C(=O)NC2CCCCC2)N(C(=O)Cn2nnc3ccccc32)c2ccc(OC)cc2)cc1. The summed E-state index contributed by atoms with van der Waals surface area (Å²) < 4.78 is 11.7. The number of hydrogen-bond donors (Lipinski definition) is 1. The van der Waals surface area contributed by atoms with E-state index in [-0.39, 0.29) is 24.4 Å². The summed E-state index contributed by atoms with van der Waals surface area (Å²) in [7, 11) is 2.88. The number of carbonyl (C=O) groups is 3. The van der Waals surface area contributed by atoms with Gasteiger partial charge in [0.2, 0.25) is 11.8 Å². The van der Waals surface area contributed by atoms with Crippen LogP contribution in [0.2, 0.25) is 0 Å². The molecule has 1 saturated carbocycles. The Kier molecular flexibility index (Phi) is 8.57. The zero-order chi connectivity index (χ0) is 28.8. The molecule has 10 nitrogen and oxygen atoms in total. The van der Waals surface area contributed by atoms with Gasteiger partial charge in [0.15, 0.2) is 0 Å². The van der Waals surface area contributed by atoms with Crippen LogP contribution in [0.15, 0.2) is 72.8 Å². The van der Waals surface area contributed by atoms with Crippen LogP contribution in [0.3, 0.4) is 0 Å². The van der Waals surface area contributed by atoms with Crippen LogP contribution < -0.4 is 15.0 Å². The maximum absolute atomic E-state index is 14.2. The predicted molar refractivity (Wildman–Crippen MR) is 154 cm³/mol. The first-order valence-electron chi connectivity index (χ1n) is 13.7. The van der Waals surface area contributed by atoms with E-state index >= 15 is 0 Å². The van der Waals surface area contributed by atoms with E-state index < -0.39 is 12.0 Å². The molecule has 1 fully saturated rings. The third kappa shape index (κ3) is 6.21. The highest BCUT2D eigenvalue weighted by molar-refractivity contribution is 6.02. The lowest BCUT2D eigenvalue weighted by Crippen LogP contribution is -2.48. The number of anilines is 1. The number of fused-ring (bicyclic) bond motifs is 1. The van der Waals surface area contributed by atoms with E-state index in [0.29, 0.717) is 33.6 Å². The van der Waals surface area contributed by atoms with Crippen molar-refractivity contribution in [2.45, 2.75) is 50.7 Å². The number of carbonyl (C=O) groups excluding carboxylic acids is 3. The second-order valence-corrected chi connectivity index (χ2v) is 10.1. The number of esters is 1. The lowest BCUT2D eigenvalue weighted by Gasteiger charge is -2.33. The summed E-state index contributed by atoms with van der Waals surface area (Å²) in [4.78, 5) is 41.9. The molecule has 0 radical (unpaired) electrons. The van der Waals surface area contributed by atoms with Gasteiger partial charge in [-0.3, -0.25) is 14.5 Å². The van der Waals surface area contributed by atoms with Crippen LogP contribution in [-0.4, -0.2) is 53.0 Å². The zero-order valence-corrected chi connectivity index (χ0v) is 23.2. The number of aromatic nitrogens is 3. The summed E-state index contributed by atoms with van der Waals surface area (Å²) in [6.45, 7) is -0.139. The molecule has 4 aromatic rings. The number of ether oxygens (including phenoxy) is 2. The Morgan fingerprint density at radius 2 is 1.66 bits per heavy atom. The molecule has 1 aliphatic rings. The van der Waals surface area contributed by atoms with E-state index in [2.05, 4.69) is 15.6 Å². The van der Waals surface area contributed by atoms with Crippen molar-refractivity contribution in [2.75, 3.05) is 19.1 Å². The Balaban J connectivity index is 1.57. The van der Waals surface area contributed by atoms with Crippen molar-refractivity contribution in [2.24, 2.45) is 0 Å². The van der Waals surface area contributed by atoms with Gasteiger partial charge in [-0.1, -0.05) is 48.7 Å². The Morgan fingerprint density at radius 1 is 0.951 bits per heavy atom. The lowest BCUT2D eigenvalue weighted by atomic mass is 9.94. The highest BCUT2D eigenvalue weighted by atomic mass is 16.5. The van der Waals surface area contributed by atoms with E-state index in [1.54, 1.807) is 55.6 Å². The van der Waals surface area contributed by atoms with Crippen LogP contribution in [0, 0.1) is 0 Å². The minimum Gasteiger partial charge on any atom is -0.497 e. The van der Waals surface area contributed by atoms with Crippen LogP contribution in [0.25, 0.3) is 11.0 Å². The fraction of sp³-hybridized carbons (Fsp3) is 0.323. The number of hydrogen-bond acceptors (Lipinski definition) is 7. The van der Waals surface area contributed by atoms with Crippen molar-refractivity contribution in [3.63, 3.8) is 0 Å². The third-order valence-electron chi connectivity index (χ3n) is 7.43. The highest BCUT2D eigenvalue weighted by Crippen LogP contribution is 2.31. The van der Waals surface area contributed by atoms with Crippen LogP contribution in [-0.2, 0) is 20.9 Å².